The molecule has 0 unspecified atom stereocenters. The van der Waals surface area contributed by atoms with Crippen LogP contribution in [0.25, 0.3) is 0 Å². The van der Waals surface area contributed by atoms with Gasteiger partial charge in [0.05, 0.1) is 10.5 Å². The summed E-state index contributed by atoms with van der Waals surface area (Å²) in [6.45, 7) is 4.94. The van der Waals surface area contributed by atoms with E-state index in [2.05, 4.69) is 0 Å². The molecule has 2 aromatic rings. The zero-order valence-corrected chi connectivity index (χ0v) is 16.4. The van der Waals surface area contributed by atoms with Gasteiger partial charge >= 0.3 is 0 Å². The van der Waals surface area contributed by atoms with Crippen molar-refractivity contribution in [2.45, 2.75) is 25.2 Å². The van der Waals surface area contributed by atoms with Crippen molar-refractivity contribution in [1.29, 1.82) is 0 Å². The van der Waals surface area contributed by atoms with Gasteiger partial charge in [-0.3, -0.25) is 4.79 Å². The van der Waals surface area contributed by atoms with Crippen LogP contribution in [0.15, 0.2) is 47.4 Å². The van der Waals surface area contributed by atoms with Crippen LogP contribution in [0.1, 0.15) is 28.4 Å². The zero-order valence-electron chi connectivity index (χ0n) is 15.6. The molecule has 0 aromatic heterocycles. The molecule has 1 amide bonds. The van der Waals surface area contributed by atoms with Gasteiger partial charge in [0.25, 0.3) is 5.91 Å². The molecule has 1 aliphatic heterocycles. The number of benzene rings is 2. The number of aryl methyl sites for hydroxylation is 2. The van der Waals surface area contributed by atoms with Crippen LogP contribution < -0.4 is 0 Å². The Hall–Kier alpha value is -2.38. The molecule has 0 saturated carbocycles. The maximum atomic E-state index is 12.8. The minimum absolute atomic E-state index is 0.0492. The average molecular weight is 388 g/mol. The lowest BCUT2D eigenvalue weighted by molar-refractivity contribution is 0.0694. The van der Waals surface area contributed by atoms with Crippen LogP contribution in [0.3, 0.4) is 0 Å². The summed E-state index contributed by atoms with van der Waals surface area (Å²) < 4.78 is 26.9. The Labute approximate surface area is 160 Å². The molecule has 0 aliphatic carbocycles. The number of carbonyl (C=O) groups excluding carboxylic acids is 1. The van der Waals surface area contributed by atoms with Crippen molar-refractivity contribution in [3.63, 3.8) is 0 Å². The SMILES string of the molecule is CCc1ccc(O)c(C(=O)N2CCN(S(=O)(=O)c3ccc(C)cc3)CC2)c1. The topological polar surface area (TPSA) is 77.9 Å². The average Bonchev–Trinajstić information content (AvgIpc) is 2.68. The van der Waals surface area contributed by atoms with Crippen LogP contribution >= 0.6 is 0 Å². The summed E-state index contributed by atoms with van der Waals surface area (Å²) >= 11 is 0. The number of rotatable bonds is 4. The number of sulfonamides is 1. The Morgan fingerprint density at radius 2 is 1.67 bits per heavy atom. The fourth-order valence-corrected chi connectivity index (χ4v) is 4.56. The molecular formula is C20H24N2O4S. The lowest BCUT2D eigenvalue weighted by atomic mass is 10.1. The Morgan fingerprint density at radius 1 is 1.04 bits per heavy atom. The van der Waals surface area contributed by atoms with Crippen LogP contribution in [0.2, 0.25) is 0 Å². The van der Waals surface area contributed by atoms with Crippen molar-refractivity contribution >= 4 is 15.9 Å². The lowest BCUT2D eigenvalue weighted by Crippen LogP contribution is -2.50. The van der Waals surface area contributed by atoms with Gasteiger partial charge in [0.15, 0.2) is 0 Å². The van der Waals surface area contributed by atoms with Crippen LogP contribution in [-0.4, -0.2) is 54.8 Å². The van der Waals surface area contributed by atoms with Crippen LogP contribution in [-0.2, 0) is 16.4 Å². The molecule has 0 spiro atoms. The molecule has 144 valence electrons. The van der Waals surface area contributed by atoms with Gasteiger partial charge < -0.3 is 10.0 Å². The monoisotopic (exact) mass is 388 g/mol. The Bertz CT molecular complexity index is 931. The van der Waals surface area contributed by atoms with E-state index in [0.29, 0.717) is 13.1 Å². The molecule has 1 aliphatic rings. The highest BCUT2D eigenvalue weighted by Gasteiger charge is 2.31. The van der Waals surface area contributed by atoms with E-state index in [4.69, 9.17) is 0 Å². The zero-order chi connectivity index (χ0) is 19.6. The molecule has 1 N–H and O–H groups in total. The van der Waals surface area contributed by atoms with E-state index in [1.165, 1.54) is 10.4 Å². The second-order valence-electron chi connectivity index (χ2n) is 6.71. The molecule has 3 rings (SSSR count). The van der Waals surface area contributed by atoms with Gasteiger partial charge in [-0.25, -0.2) is 8.42 Å². The van der Waals surface area contributed by atoms with E-state index in [9.17, 15) is 18.3 Å². The van der Waals surface area contributed by atoms with E-state index >= 15 is 0 Å². The number of phenols is 1. The third-order valence-electron chi connectivity index (χ3n) is 4.88. The van der Waals surface area contributed by atoms with E-state index in [0.717, 1.165) is 17.5 Å². The number of hydrogen-bond acceptors (Lipinski definition) is 4. The fourth-order valence-electron chi connectivity index (χ4n) is 3.14. The molecule has 0 radical (unpaired) electrons. The summed E-state index contributed by atoms with van der Waals surface area (Å²) in [7, 11) is -3.57. The standard InChI is InChI=1S/C20H24N2O4S/c1-3-16-6-9-19(23)18(14-16)20(24)21-10-12-22(13-11-21)27(25,26)17-7-4-15(2)5-8-17/h4-9,14,23H,3,10-13H2,1-2H3. The molecule has 27 heavy (non-hydrogen) atoms. The Balaban J connectivity index is 1.71. The van der Waals surface area contributed by atoms with Gasteiger partial charge in [-0.15, -0.1) is 0 Å². The fraction of sp³-hybridized carbons (Fsp3) is 0.350. The molecule has 0 bridgehead atoms. The summed E-state index contributed by atoms with van der Waals surface area (Å²) in [6, 6.07) is 11.8. The predicted octanol–water partition coefficient (Wildman–Crippen LogP) is 2.41. The van der Waals surface area contributed by atoms with Crippen LogP contribution in [0.4, 0.5) is 0 Å². The predicted molar refractivity (Wildman–Crippen MR) is 103 cm³/mol. The minimum atomic E-state index is -3.57. The molecule has 0 atom stereocenters. The van der Waals surface area contributed by atoms with E-state index in [-0.39, 0.29) is 35.2 Å². The maximum Gasteiger partial charge on any atom is 0.257 e. The molecule has 6 nitrogen and oxygen atoms in total. The maximum absolute atomic E-state index is 12.8. The highest BCUT2D eigenvalue weighted by Crippen LogP contribution is 2.23. The van der Waals surface area contributed by atoms with Gasteiger partial charge in [-0.2, -0.15) is 4.31 Å². The quantitative estimate of drug-likeness (QED) is 0.873. The first-order chi connectivity index (χ1) is 12.8. The van der Waals surface area contributed by atoms with Crippen molar-refractivity contribution in [3.05, 3.63) is 59.2 Å². The van der Waals surface area contributed by atoms with Crippen molar-refractivity contribution in [2.24, 2.45) is 0 Å². The van der Waals surface area contributed by atoms with Gasteiger partial charge in [0.1, 0.15) is 5.75 Å². The van der Waals surface area contributed by atoms with Crippen molar-refractivity contribution in [1.82, 2.24) is 9.21 Å². The van der Waals surface area contributed by atoms with Crippen molar-refractivity contribution in [2.75, 3.05) is 26.2 Å². The highest BCUT2D eigenvalue weighted by atomic mass is 32.2. The summed E-state index contributed by atoms with van der Waals surface area (Å²) in [6.07, 6.45) is 0.767. The van der Waals surface area contributed by atoms with Gasteiger partial charge in [0, 0.05) is 26.2 Å². The Kier molecular flexibility index (Phi) is 5.53. The number of phenolic OH excluding ortho intramolecular Hbond substituents is 1. The highest BCUT2D eigenvalue weighted by molar-refractivity contribution is 7.89. The van der Waals surface area contributed by atoms with Crippen molar-refractivity contribution < 1.29 is 18.3 Å². The number of amides is 1. The Morgan fingerprint density at radius 3 is 2.26 bits per heavy atom. The summed E-state index contributed by atoms with van der Waals surface area (Å²) in [5, 5.41) is 10.0. The lowest BCUT2D eigenvalue weighted by Gasteiger charge is -2.34. The molecule has 1 heterocycles. The third-order valence-corrected chi connectivity index (χ3v) is 6.80. The molecule has 2 aromatic carbocycles. The number of piperazine rings is 1. The normalized spacial score (nSPS) is 15.7. The smallest absolute Gasteiger partial charge is 0.257 e. The largest absolute Gasteiger partial charge is 0.507 e. The minimum Gasteiger partial charge on any atom is -0.507 e. The second kappa shape index (κ2) is 7.70. The number of hydrogen-bond donors (Lipinski definition) is 1. The third kappa shape index (κ3) is 3.99. The number of aromatic hydroxyl groups is 1. The van der Waals surface area contributed by atoms with E-state index in [1.807, 2.05) is 13.8 Å². The first kappa shape index (κ1) is 19.4. The second-order valence-corrected chi connectivity index (χ2v) is 8.65. The van der Waals surface area contributed by atoms with Gasteiger partial charge in [-0.1, -0.05) is 30.7 Å². The summed E-state index contributed by atoms with van der Waals surface area (Å²) in [4.78, 5) is 14.6. The first-order valence-electron chi connectivity index (χ1n) is 9.01. The molecule has 1 saturated heterocycles. The molecule has 1 fully saturated rings. The van der Waals surface area contributed by atoms with E-state index in [1.54, 1.807) is 41.3 Å². The van der Waals surface area contributed by atoms with E-state index < -0.39 is 10.0 Å². The van der Waals surface area contributed by atoms with Gasteiger partial charge in [-0.05, 0) is 43.2 Å². The van der Waals surface area contributed by atoms with Crippen LogP contribution in [0, 0.1) is 6.92 Å². The van der Waals surface area contributed by atoms with Crippen LogP contribution in [0.5, 0.6) is 5.75 Å². The number of nitrogens with zero attached hydrogens (tertiary/aromatic N) is 2. The summed E-state index contributed by atoms with van der Waals surface area (Å²) in [5.74, 6) is -0.318. The van der Waals surface area contributed by atoms with Crippen molar-refractivity contribution in [3.8, 4) is 5.75 Å². The first-order valence-corrected chi connectivity index (χ1v) is 10.4. The van der Waals surface area contributed by atoms with Gasteiger partial charge in [0.2, 0.25) is 10.0 Å². The molecular weight excluding hydrogens is 364 g/mol. The summed E-state index contributed by atoms with van der Waals surface area (Å²) in [5.41, 5.74) is 2.24. The molecule has 7 heteroatoms. The number of carbonyl (C=O) groups is 1.